The Kier molecular flexibility index (Phi) is 6.74. The second-order valence-electron chi connectivity index (χ2n) is 7.50. The third-order valence-corrected chi connectivity index (χ3v) is 5.47. The molecule has 4 aromatic rings. The molecule has 6 heteroatoms. The average molecular weight is 443 g/mol. The molecule has 1 aromatic heterocycles. The van der Waals surface area contributed by atoms with Gasteiger partial charge in [-0.3, -0.25) is 4.79 Å². The first kappa shape index (κ1) is 22.1. The molecule has 0 saturated carbocycles. The Morgan fingerprint density at radius 1 is 0.848 bits per heavy atom. The van der Waals surface area contributed by atoms with Crippen LogP contribution in [0.1, 0.15) is 15.9 Å². The van der Waals surface area contributed by atoms with Crippen LogP contribution in [0.4, 0.5) is 0 Å². The molecule has 6 nitrogen and oxygen atoms in total. The van der Waals surface area contributed by atoms with Crippen LogP contribution in [0.2, 0.25) is 0 Å². The molecule has 0 atom stereocenters. The van der Waals surface area contributed by atoms with Gasteiger partial charge in [-0.15, -0.1) is 0 Å². The summed E-state index contributed by atoms with van der Waals surface area (Å²) in [7, 11) is 4.85. The number of para-hydroxylation sites is 1. The predicted molar refractivity (Wildman–Crippen MR) is 129 cm³/mol. The molecule has 168 valence electrons. The standard InChI is InChI=1S/C27H26N2O4/c1-31-20-8-6-7-19(16-20)24-17-22(21-9-4-5-10-23(21)29-24)27(30)28-14-13-18-11-12-25(32-2)26(15-18)33-3/h4-12,15-17H,13-14H2,1-3H3,(H,28,30). The van der Waals surface area contributed by atoms with Crippen molar-refractivity contribution >= 4 is 16.8 Å². The maximum Gasteiger partial charge on any atom is 0.252 e. The van der Waals surface area contributed by atoms with Crippen LogP contribution in [-0.2, 0) is 6.42 Å². The molecular formula is C27H26N2O4. The summed E-state index contributed by atoms with van der Waals surface area (Å²) in [5.74, 6) is 1.95. The zero-order valence-electron chi connectivity index (χ0n) is 18.9. The number of carbonyl (C=O) groups is 1. The first-order valence-electron chi connectivity index (χ1n) is 10.7. The number of amides is 1. The van der Waals surface area contributed by atoms with E-state index in [4.69, 9.17) is 19.2 Å². The molecule has 0 spiro atoms. The molecular weight excluding hydrogens is 416 g/mol. The lowest BCUT2D eigenvalue weighted by Crippen LogP contribution is -2.26. The number of pyridine rings is 1. The highest BCUT2D eigenvalue weighted by molar-refractivity contribution is 6.07. The van der Waals surface area contributed by atoms with Gasteiger partial charge in [0.1, 0.15) is 5.75 Å². The molecule has 1 N–H and O–H groups in total. The van der Waals surface area contributed by atoms with Gasteiger partial charge in [0.2, 0.25) is 0 Å². The predicted octanol–water partition coefficient (Wildman–Crippen LogP) is 4.90. The Bertz CT molecular complexity index is 1290. The molecule has 0 radical (unpaired) electrons. The van der Waals surface area contributed by atoms with E-state index in [9.17, 15) is 4.79 Å². The molecule has 0 fully saturated rings. The van der Waals surface area contributed by atoms with Crippen LogP contribution in [0.15, 0.2) is 72.8 Å². The van der Waals surface area contributed by atoms with Crippen LogP contribution in [-0.4, -0.2) is 38.8 Å². The Morgan fingerprint density at radius 3 is 2.45 bits per heavy atom. The maximum absolute atomic E-state index is 13.2. The van der Waals surface area contributed by atoms with Crippen molar-refractivity contribution in [2.45, 2.75) is 6.42 Å². The lowest BCUT2D eigenvalue weighted by atomic mass is 10.0. The molecule has 0 aliphatic heterocycles. The van der Waals surface area contributed by atoms with E-state index in [1.54, 1.807) is 21.3 Å². The van der Waals surface area contributed by atoms with Crippen molar-refractivity contribution in [1.29, 1.82) is 0 Å². The monoisotopic (exact) mass is 442 g/mol. The highest BCUT2D eigenvalue weighted by Gasteiger charge is 2.14. The largest absolute Gasteiger partial charge is 0.497 e. The van der Waals surface area contributed by atoms with Crippen LogP contribution in [0.25, 0.3) is 22.2 Å². The molecule has 0 aliphatic rings. The smallest absolute Gasteiger partial charge is 0.252 e. The zero-order valence-corrected chi connectivity index (χ0v) is 18.9. The average Bonchev–Trinajstić information content (AvgIpc) is 2.87. The number of aromatic nitrogens is 1. The fourth-order valence-electron chi connectivity index (χ4n) is 3.75. The Hall–Kier alpha value is -4.06. The van der Waals surface area contributed by atoms with Gasteiger partial charge in [0.05, 0.1) is 38.1 Å². The van der Waals surface area contributed by atoms with Gasteiger partial charge in [0.25, 0.3) is 5.91 Å². The first-order chi connectivity index (χ1) is 16.1. The summed E-state index contributed by atoms with van der Waals surface area (Å²) in [6.45, 7) is 0.486. The summed E-state index contributed by atoms with van der Waals surface area (Å²) in [4.78, 5) is 17.9. The van der Waals surface area contributed by atoms with Crippen LogP contribution >= 0.6 is 0 Å². The van der Waals surface area contributed by atoms with Crippen molar-refractivity contribution in [3.63, 3.8) is 0 Å². The maximum atomic E-state index is 13.2. The number of nitrogens with one attached hydrogen (secondary N) is 1. The second-order valence-corrected chi connectivity index (χ2v) is 7.50. The molecule has 1 heterocycles. The number of hydrogen-bond acceptors (Lipinski definition) is 5. The Morgan fingerprint density at radius 2 is 1.67 bits per heavy atom. The highest BCUT2D eigenvalue weighted by atomic mass is 16.5. The SMILES string of the molecule is COc1cccc(-c2cc(C(=O)NCCc3ccc(OC)c(OC)c3)c3ccccc3n2)c1. The van der Waals surface area contributed by atoms with Gasteiger partial charge in [0.15, 0.2) is 11.5 Å². The number of methoxy groups -OCH3 is 3. The van der Waals surface area contributed by atoms with E-state index in [0.717, 1.165) is 33.5 Å². The zero-order chi connectivity index (χ0) is 23.2. The fraction of sp³-hybridized carbons (Fsp3) is 0.185. The molecule has 1 amide bonds. The van der Waals surface area contributed by atoms with Gasteiger partial charge in [-0.05, 0) is 48.4 Å². The quantitative estimate of drug-likeness (QED) is 0.420. The van der Waals surface area contributed by atoms with E-state index in [2.05, 4.69) is 5.32 Å². The molecule has 0 saturated heterocycles. The van der Waals surface area contributed by atoms with Crippen molar-refractivity contribution in [2.24, 2.45) is 0 Å². The van der Waals surface area contributed by atoms with Crippen molar-refractivity contribution in [1.82, 2.24) is 10.3 Å². The number of rotatable bonds is 8. The summed E-state index contributed by atoms with van der Waals surface area (Å²) >= 11 is 0. The molecule has 0 unspecified atom stereocenters. The molecule has 3 aromatic carbocycles. The first-order valence-corrected chi connectivity index (χ1v) is 10.7. The molecule has 4 rings (SSSR count). The molecule has 0 bridgehead atoms. The fourth-order valence-corrected chi connectivity index (χ4v) is 3.75. The van der Waals surface area contributed by atoms with Crippen molar-refractivity contribution in [2.75, 3.05) is 27.9 Å². The normalized spacial score (nSPS) is 10.6. The minimum atomic E-state index is -0.141. The third-order valence-electron chi connectivity index (χ3n) is 5.47. The topological polar surface area (TPSA) is 69.7 Å². The van der Waals surface area contributed by atoms with E-state index in [1.165, 1.54) is 0 Å². The minimum Gasteiger partial charge on any atom is -0.497 e. The highest BCUT2D eigenvalue weighted by Crippen LogP contribution is 2.28. The minimum absolute atomic E-state index is 0.141. The van der Waals surface area contributed by atoms with Crippen molar-refractivity contribution in [3.05, 3.63) is 83.9 Å². The number of benzene rings is 3. The third kappa shape index (κ3) is 4.90. The van der Waals surface area contributed by atoms with Crippen molar-refractivity contribution in [3.8, 4) is 28.5 Å². The summed E-state index contributed by atoms with van der Waals surface area (Å²) in [5.41, 5.74) is 4.01. The lowest BCUT2D eigenvalue weighted by Gasteiger charge is -2.12. The number of hydrogen-bond donors (Lipinski definition) is 1. The van der Waals surface area contributed by atoms with Gasteiger partial charge < -0.3 is 19.5 Å². The summed E-state index contributed by atoms with van der Waals surface area (Å²) in [6, 6.07) is 22.9. The van der Waals surface area contributed by atoms with E-state index >= 15 is 0 Å². The van der Waals surface area contributed by atoms with Crippen molar-refractivity contribution < 1.29 is 19.0 Å². The Balaban J connectivity index is 1.57. The summed E-state index contributed by atoms with van der Waals surface area (Å²) < 4.78 is 16.0. The van der Waals surface area contributed by atoms with Crippen LogP contribution in [0.5, 0.6) is 17.2 Å². The van der Waals surface area contributed by atoms with E-state index < -0.39 is 0 Å². The van der Waals surface area contributed by atoms with Gasteiger partial charge in [-0.1, -0.05) is 36.4 Å². The van der Waals surface area contributed by atoms with Gasteiger partial charge in [-0.25, -0.2) is 4.98 Å². The number of ether oxygens (including phenoxy) is 3. The van der Waals surface area contributed by atoms with Crippen LogP contribution < -0.4 is 19.5 Å². The van der Waals surface area contributed by atoms with Crippen LogP contribution in [0, 0.1) is 0 Å². The van der Waals surface area contributed by atoms with E-state index in [-0.39, 0.29) is 5.91 Å². The van der Waals surface area contributed by atoms with Gasteiger partial charge in [0, 0.05) is 17.5 Å². The molecule has 0 aliphatic carbocycles. The number of fused-ring (bicyclic) bond motifs is 1. The summed E-state index contributed by atoms with van der Waals surface area (Å²) in [5, 5.41) is 3.86. The van der Waals surface area contributed by atoms with Gasteiger partial charge >= 0.3 is 0 Å². The lowest BCUT2D eigenvalue weighted by molar-refractivity contribution is 0.0955. The van der Waals surface area contributed by atoms with E-state index in [0.29, 0.717) is 30.0 Å². The van der Waals surface area contributed by atoms with Crippen LogP contribution in [0.3, 0.4) is 0 Å². The Labute approximate surface area is 193 Å². The van der Waals surface area contributed by atoms with E-state index in [1.807, 2.05) is 72.8 Å². The van der Waals surface area contributed by atoms with Gasteiger partial charge in [-0.2, -0.15) is 0 Å². The second kappa shape index (κ2) is 10.0. The number of carbonyl (C=O) groups excluding carboxylic acids is 1. The molecule has 33 heavy (non-hydrogen) atoms. The number of nitrogens with zero attached hydrogens (tertiary/aromatic N) is 1. The summed E-state index contributed by atoms with van der Waals surface area (Å²) in [6.07, 6.45) is 0.665.